The summed E-state index contributed by atoms with van der Waals surface area (Å²) < 4.78 is 0. The highest BCUT2D eigenvalue weighted by Gasteiger charge is 2.27. The number of carbonyl (C=O) groups excluding carboxylic acids is 1. The van der Waals surface area contributed by atoms with Gasteiger partial charge in [0, 0.05) is 45.2 Å². The normalized spacial score (nSPS) is 18.6. The van der Waals surface area contributed by atoms with Crippen molar-refractivity contribution in [2.45, 2.75) is 31.8 Å². The summed E-state index contributed by atoms with van der Waals surface area (Å²) in [6, 6.07) is 8.95. The Kier molecular flexibility index (Phi) is 5.58. The molecule has 0 saturated carbocycles. The van der Waals surface area contributed by atoms with E-state index in [2.05, 4.69) is 64.8 Å². The van der Waals surface area contributed by atoms with Gasteiger partial charge >= 0.3 is 0 Å². The van der Waals surface area contributed by atoms with Gasteiger partial charge in [-0.1, -0.05) is 24.3 Å². The Hall–Kier alpha value is -3.53. The Morgan fingerprint density at radius 3 is 2.41 bits per heavy atom. The summed E-state index contributed by atoms with van der Waals surface area (Å²) in [6.45, 7) is 5.11. The number of hydrogen-bond acceptors (Lipinski definition) is 8. The quantitative estimate of drug-likeness (QED) is 0.579. The number of anilines is 2. The highest BCUT2D eigenvalue weighted by Crippen LogP contribution is 2.24. The van der Waals surface area contributed by atoms with Gasteiger partial charge in [0.1, 0.15) is 5.69 Å². The SMILES string of the molecule is O=C(CN1CCN(c2cnc(NC3Cc4ccccc4C3)nc2)CC1)N1CCc2n[nH]nc2C1. The number of amides is 1. The maximum Gasteiger partial charge on any atom is 0.237 e. The maximum absolute atomic E-state index is 12.8. The summed E-state index contributed by atoms with van der Waals surface area (Å²) in [4.78, 5) is 28.3. The molecule has 1 aromatic carbocycles. The van der Waals surface area contributed by atoms with E-state index < -0.39 is 0 Å². The van der Waals surface area contributed by atoms with Crippen LogP contribution in [0.25, 0.3) is 0 Å². The third-order valence-corrected chi connectivity index (χ3v) is 7.13. The van der Waals surface area contributed by atoms with Gasteiger partial charge < -0.3 is 15.1 Å². The summed E-state index contributed by atoms with van der Waals surface area (Å²) in [5.74, 6) is 0.845. The minimum Gasteiger partial charge on any atom is -0.366 e. The fourth-order valence-corrected chi connectivity index (χ4v) is 5.17. The van der Waals surface area contributed by atoms with Gasteiger partial charge in [0.05, 0.1) is 36.9 Å². The number of carbonyl (C=O) groups is 1. The number of aromatic nitrogens is 5. The molecule has 2 N–H and O–H groups in total. The molecule has 2 aromatic heterocycles. The van der Waals surface area contributed by atoms with Crippen molar-refractivity contribution in [1.82, 2.24) is 35.2 Å². The molecule has 1 aliphatic carbocycles. The fraction of sp³-hybridized carbons (Fsp3) is 0.458. The van der Waals surface area contributed by atoms with Crippen molar-refractivity contribution in [3.63, 3.8) is 0 Å². The van der Waals surface area contributed by atoms with Crippen LogP contribution in [-0.2, 0) is 30.6 Å². The zero-order valence-electron chi connectivity index (χ0n) is 19.2. The predicted molar refractivity (Wildman–Crippen MR) is 127 cm³/mol. The number of nitrogens with one attached hydrogen (secondary N) is 2. The molecule has 34 heavy (non-hydrogen) atoms. The molecule has 3 aliphatic rings. The van der Waals surface area contributed by atoms with Gasteiger partial charge in [-0.05, 0) is 24.0 Å². The molecule has 1 amide bonds. The number of piperazine rings is 1. The Morgan fingerprint density at radius 2 is 1.68 bits per heavy atom. The number of aromatic amines is 1. The van der Waals surface area contributed by atoms with Gasteiger partial charge in [-0.15, -0.1) is 0 Å². The number of rotatable bonds is 5. The van der Waals surface area contributed by atoms with Crippen molar-refractivity contribution < 1.29 is 4.79 Å². The van der Waals surface area contributed by atoms with Crippen molar-refractivity contribution in [2.24, 2.45) is 0 Å². The Balaban J connectivity index is 0.977. The van der Waals surface area contributed by atoms with E-state index in [9.17, 15) is 4.79 Å². The number of fused-ring (bicyclic) bond motifs is 2. The monoisotopic (exact) mass is 459 g/mol. The molecular formula is C24H29N9O. The molecular weight excluding hydrogens is 430 g/mol. The Labute approximate surface area is 198 Å². The first kappa shape index (κ1) is 21.0. The number of hydrogen-bond donors (Lipinski definition) is 2. The average Bonchev–Trinajstić information content (AvgIpc) is 3.51. The minimum atomic E-state index is 0.162. The number of nitrogens with zero attached hydrogens (tertiary/aromatic N) is 7. The third-order valence-electron chi connectivity index (χ3n) is 7.13. The molecule has 2 aliphatic heterocycles. The van der Waals surface area contributed by atoms with E-state index in [0.29, 0.717) is 31.6 Å². The minimum absolute atomic E-state index is 0.162. The van der Waals surface area contributed by atoms with E-state index >= 15 is 0 Å². The van der Waals surface area contributed by atoms with E-state index in [1.54, 1.807) is 0 Å². The average molecular weight is 460 g/mol. The van der Waals surface area contributed by atoms with Gasteiger partial charge in [0.2, 0.25) is 11.9 Å². The van der Waals surface area contributed by atoms with Crippen LogP contribution in [0.3, 0.4) is 0 Å². The van der Waals surface area contributed by atoms with Crippen LogP contribution in [0.15, 0.2) is 36.7 Å². The highest BCUT2D eigenvalue weighted by molar-refractivity contribution is 5.78. The molecule has 6 rings (SSSR count). The van der Waals surface area contributed by atoms with Gasteiger partial charge in [-0.2, -0.15) is 15.4 Å². The highest BCUT2D eigenvalue weighted by atomic mass is 16.2. The van der Waals surface area contributed by atoms with Gasteiger partial charge in [-0.3, -0.25) is 9.69 Å². The van der Waals surface area contributed by atoms with E-state index in [1.165, 1.54) is 11.1 Å². The second-order valence-electron chi connectivity index (χ2n) is 9.33. The van der Waals surface area contributed by atoms with E-state index in [0.717, 1.165) is 62.5 Å². The topological polar surface area (TPSA) is 106 Å². The summed E-state index contributed by atoms with van der Waals surface area (Å²) in [6.07, 6.45) is 6.60. The molecule has 0 bridgehead atoms. The van der Waals surface area contributed by atoms with Crippen LogP contribution >= 0.6 is 0 Å². The fourth-order valence-electron chi connectivity index (χ4n) is 5.17. The molecule has 0 unspecified atom stereocenters. The third kappa shape index (κ3) is 4.33. The van der Waals surface area contributed by atoms with Crippen LogP contribution in [0.4, 0.5) is 11.6 Å². The second-order valence-corrected chi connectivity index (χ2v) is 9.33. The Morgan fingerprint density at radius 1 is 0.971 bits per heavy atom. The van der Waals surface area contributed by atoms with Crippen molar-refractivity contribution in [3.05, 3.63) is 59.2 Å². The van der Waals surface area contributed by atoms with Crippen LogP contribution in [-0.4, -0.2) is 86.4 Å². The van der Waals surface area contributed by atoms with Crippen LogP contribution in [0, 0.1) is 0 Å². The Bertz CT molecular complexity index is 1130. The first-order valence-electron chi connectivity index (χ1n) is 12.0. The van der Waals surface area contributed by atoms with Crippen molar-refractivity contribution in [1.29, 1.82) is 0 Å². The lowest BCUT2D eigenvalue weighted by molar-refractivity contribution is -0.133. The maximum atomic E-state index is 12.8. The number of benzene rings is 1. The second kappa shape index (κ2) is 9.02. The molecule has 176 valence electrons. The van der Waals surface area contributed by atoms with Crippen molar-refractivity contribution in [3.8, 4) is 0 Å². The smallest absolute Gasteiger partial charge is 0.237 e. The van der Waals surface area contributed by atoms with Crippen LogP contribution in [0.1, 0.15) is 22.5 Å². The van der Waals surface area contributed by atoms with Crippen molar-refractivity contribution >= 4 is 17.5 Å². The molecule has 0 atom stereocenters. The van der Waals surface area contributed by atoms with Gasteiger partial charge in [0.25, 0.3) is 0 Å². The molecule has 4 heterocycles. The standard InChI is InChI=1S/C24H29N9O/c34-23(33-6-5-21-22(15-33)29-30-28-21)16-31-7-9-32(10-8-31)20-13-25-24(26-14-20)27-19-11-17-3-1-2-4-18(17)12-19/h1-4,13-14,19H,5-12,15-16H2,(H,25,26,27)(H,28,29,30). The predicted octanol–water partition coefficient (Wildman–Crippen LogP) is 0.881. The molecule has 1 saturated heterocycles. The molecule has 10 heteroatoms. The summed E-state index contributed by atoms with van der Waals surface area (Å²) >= 11 is 0. The van der Waals surface area contributed by atoms with Crippen LogP contribution < -0.4 is 10.2 Å². The summed E-state index contributed by atoms with van der Waals surface area (Å²) in [7, 11) is 0. The lowest BCUT2D eigenvalue weighted by Crippen LogP contribution is -2.50. The zero-order valence-corrected chi connectivity index (χ0v) is 19.2. The van der Waals surface area contributed by atoms with Crippen LogP contribution in [0.5, 0.6) is 0 Å². The van der Waals surface area contributed by atoms with E-state index in [1.807, 2.05) is 17.3 Å². The molecule has 0 spiro atoms. The molecule has 3 aromatic rings. The van der Waals surface area contributed by atoms with Gasteiger partial charge in [-0.25, -0.2) is 9.97 Å². The molecule has 0 radical (unpaired) electrons. The summed E-state index contributed by atoms with van der Waals surface area (Å²) in [5, 5.41) is 14.4. The first-order chi connectivity index (χ1) is 16.7. The first-order valence-corrected chi connectivity index (χ1v) is 12.0. The zero-order chi connectivity index (χ0) is 22.9. The largest absolute Gasteiger partial charge is 0.366 e. The van der Waals surface area contributed by atoms with E-state index in [-0.39, 0.29) is 5.91 Å². The number of H-pyrrole nitrogens is 1. The van der Waals surface area contributed by atoms with Gasteiger partial charge in [0.15, 0.2) is 0 Å². The lowest BCUT2D eigenvalue weighted by atomic mass is 10.1. The van der Waals surface area contributed by atoms with Crippen LogP contribution in [0.2, 0.25) is 0 Å². The van der Waals surface area contributed by atoms with Crippen molar-refractivity contribution in [2.75, 3.05) is 49.5 Å². The lowest BCUT2D eigenvalue weighted by Gasteiger charge is -2.36. The van der Waals surface area contributed by atoms with E-state index in [4.69, 9.17) is 0 Å². The molecule has 1 fully saturated rings. The summed E-state index contributed by atoms with van der Waals surface area (Å²) in [5.41, 5.74) is 5.72. The molecule has 10 nitrogen and oxygen atoms in total.